The largest absolute Gasteiger partial charge is 0.516 e. The van der Waals surface area contributed by atoms with Gasteiger partial charge in [-0.05, 0) is 144 Å². The minimum Gasteiger partial charge on any atom is -0.497 e. The van der Waals surface area contributed by atoms with Gasteiger partial charge in [-0.1, -0.05) is 109 Å². The van der Waals surface area contributed by atoms with E-state index in [2.05, 4.69) is 29.9 Å². The molecule has 0 saturated heterocycles. The molecular weight excluding hydrogens is 1510 g/mol. The maximum absolute atomic E-state index is 12.8. The van der Waals surface area contributed by atoms with Crippen LogP contribution < -0.4 is 18.9 Å². The van der Waals surface area contributed by atoms with E-state index in [9.17, 15) is 99.5 Å². The second-order valence-electron chi connectivity index (χ2n) is 23.2. The molecule has 0 radical (unpaired) electrons. The Bertz CT molecular complexity index is 5640. The molecule has 0 bridgehead atoms. The number of rotatable bonds is 20. The Balaban J connectivity index is 0.000000171. The number of anilines is 3. The SMILES string of the molecule is COc1ccc(CCc2nc3ccc(-c4ccccc4NS(=O)(=O)C(F)(F)F)cc3[nH]2)cc1.O=S(=O)(Nc1ccccc1-c1ccc2nc(CCc3ccc(C(F)(F)F)cc3)[nH]c2c1)C(F)(F)F.O=S(=O)(Nc1ccccc1-c1ccc2nc(CCc3ccc(S(=O)(=O)C(F)(F)F)cc3)[nH]c2c1)C(F)(F)F. The lowest BCUT2D eigenvalue weighted by Crippen LogP contribution is -2.30. The lowest BCUT2D eigenvalue weighted by molar-refractivity contribution is -0.137. The van der Waals surface area contributed by atoms with Crippen molar-refractivity contribution in [3.8, 4) is 39.1 Å². The van der Waals surface area contributed by atoms with E-state index < -0.39 is 78.6 Å². The molecule has 106 heavy (non-hydrogen) atoms. The van der Waals surface area contributed by atoms with Gasteiger partial charge in [-0.3, -0.25) is 14.2 Å². The standard InChI is InChI=1S/C23H17F6N3O4S2.C23H17F6N3O2S.C23H20F3N3O3S/c24-22(25,26)37(33,34)16-9-5-14(6-10-16)7-12-21-30-19-11-8-15(13-20(19)31-21)17-3-1-2-4-18(17)32-38(35,36)23(27,28)29;24-22(25,26)16-9-5-14(6-10-16)7-12-21-30-19-11-8-15(13-20(19)31-21)17-3-1-2-4-18(17)32-35(33,34)23(27,28)29;1-32-17-10-6-15(7-11-17)8-13-22-27-20-12-9-16(14-21(20)28-22)18-4-2-3-5-19(18)29-33(30,31)23(24,25)26/h1-6,8-11,13,32H,7,12H2,(H,30,31);1-6,8-11,13,32H,7,12H2,(H,30,31);2-7,9-12,14,29H,8,13H2,1H3,(H,27,28). The number of halogens is 15. The van der Waals surface area contributed by atoms with Crippen molar-refractivity contribution >= 4 is 90.1 Å². The molecule has 0 saturated carbocycles. The number of methoxy groups -OCH3 is 1. The van der Waals surface area contributed by atoms with Crippen molar-refractivity contribution in [1.29, 1.82) is 0 Å². The molecule has 0 aliphatic heterocycles. The first kappa shape index (κ1) is 77.9. The maximum Gasteiger partial charge on any atom is 0.516 e. The highest BCUT2D eigenvalue weighted by atomic mass is 32.2. The molecule has 0 spiro atoms. The molecule has 0 unspecified atom stereocenters. The Morgan fingerprint density at radius 3 is 0.925 bits per heavy atom. The Morgan fingerprint density at radius 2 is 0.642 bits per heavy atom. The highest BCUT2D eigenvalue weighted by molar-refractivity contribution is 7.94. The van der Waals surface area contributed by atoms with Crippen LogP contribution in [0.25, 0.3) is 66.5 Å². The third-order valence-electron chi connectivity index (χ3n) is 15.9. The fourth-order valence-corrected chi connectivity index (χ4v) is 13.0. The van der Waals surface area contributed by atoms with Crippen LogP contribution in [0.2, 0.25) is 0 Å². The number of H-pyrrole nitrogens is 3. The monoisotopic (exact) mass is 1570 g/mol. The van der Waals surface area contributed by atoms with Gasteiger partial charge in [0.05, 0.1) is 67.7 Å². The Kier molecular flexibility index (Phi) is 22.4. The van der Waals surface area contributed by atoms with Gasteiger partial charge >= 0.3 is 58.3 Å². The zero-order chi connectivity index (χ0) is 77.0. The van der Waals surface area contributed by atoms with Crippen molar-refractivity contribution in [2.45, 2.75) is 71.6 Å². The molecule has 3 aromatic heterocycles. The predicted molar refractivity (Wildman–Crippen MR) is 367 cm³/mol. The van der Waals surface area contributed by atoms with E-state index in [-0.39, 0.29) is 28.2 Å². The number of nitrogens with zero attached hydrogens (tertiary/aromatic N) is 3. The van der Waals surface area contributed by atoms with Crippen LogP contribution >= 0.6 is 0 Å². The summed E-state index contributed by atoms with van der Waals surface area (Å²) in [6.07, 6.45) is -1.49. The first-order valence-corrected chi connectivity index (χ1v) is 36.7. The molecule has 0 fully saturated rings. The summed E-state index contributed by atoms with van der Waals surface area (Å²) in [7, 11) is -20.6. The van der Waals surface area contributed by atoms with Gasteiger partial charge < -0.3 is 19.7 Å². The van der Waals surface area contributed by atoms with Gasteiger partial charge in [0.2, 0.25) is 0 Å². The van der Waals surface area contributed by atoms with Gasteiger partial charge in [-0.15, -0.1) is 0 Å². The molecule has 18 nitrogen and oxygen atoms in total. The fourth-order valence-electron chi connectivity index (χ4n) is 10.5. The summed E-state index contributed by atoms with van der Waals surface area (Å²) in [6.45, 7) is 0. The van der Waals surface area contributed by atoms with Crippen LogP contribution in [0.1, 0.15) is 39.7 Å². The molecule has 12 aromatic rings. The Morgan fingerprint density at radius 1 is 0.349 bits per heavy atom. The van der Waals surface area contributed by atoms with E-state index in [4.69, 9.17) is 4.74 Å². The number of aromatic amines is 3. The minimum absolute atomic E-state index is 0.159. The summed E-state index contributed by atoms with van der Waals surface area (Å²) in [6, 6.07) is 48.9. The van der Waals surface area contributed by atoms with Crippen LogP contribution in [0.4, 0.5) is 82.9 Å². The predicted octanol–water partition coefficient (Wildman–Crippen LogP) is 17.2. The first-order chi connectivity index (χ1) is 49.6. The number of alkyl halides is 15. The zero-order valence-corrected chi connectivity index (χ0v) is 57.4. The van der Waals surface area contributed by atoms with Crippen LogP contribution in [0, 0.1) is 0 Å². The number of nitrogens with one attached hydrogen (secondary N) is 6. The Labute approximate surface area is 593 Å². The van der Waals surface area contributed by atoms with Crippen molar-refractivity contribution in [2.75, 3.05) is 21.3 Å². The van der Waals surface area contributed by atoms with Gasteiger partial charge in [0.15, 0.2) is 0 Å². The average molecular weight is 1570 g/mol. The maximum atomic E-state index is 12.8. The normalized spacial score (nSPS) is 12.7. The number of para-hydroxylation sites is 3. The van der Waals surface area contributed by atoms with Crippen molar-refractivity contribution in [2.24, 2.45) is 0 Å². The molecule has 9 aromatic carbocycles. The summed E-state index contributed by atoms with van der Waals surface area (Å²) in [5, 5.41) is 0. The van der Waals surface area contributed by atoms with E-state index in [1.165, 1.54) is 78.9 Å². The average Bonchev–Trinajstić information content (AvgIpc) is 1.33. The second-order valence-corrected chi connectivity index (χ2v) is 30.1. The van der Waals surface area contributed by atoms with E-state index >= 15 is 0 Å². The number of benzene rings is 9. The summed E-state index contributed by atoms with van der Waals surface area (Å²) in [5.41, 5.74) is -15.0. The van der Waals surface area contributed by atoms with Crippen molar-refractivity contribution in [1.82, 2.24) is 29.9 Å². The molecule has 558 valence electrons. The summed E-state index contributed by atoms with van der Waals surface area (Å²) >= 11 is 0. The van der Waals surface area contributed by atoms with Crippen LogP contribution in [-0.4, -0.2) is 92.7 Å². The molecule has 12 rings (SSSR count). The third kappa shape index (κ3) is 18.5. The quantitative estimate of drug-likeness (QED) is 0.0389. The van der Waals surface area contributed by atoms with Gasteiger partial charge in [-0.2, -0.15) is 91.1 Å². The van der Waals surface area contributed by atoms with Crippen molar-refractivity contribution < 1.29 is 104 Å². The number of hydrogen-bond acceptors (Lipinski definition) is 12. The Hall–Kier alpha value is -10.7. The van der Waals surface area contributed by atoms with Crippen LogP contribution in [-0.2, 0) is 84.6 Å². The summed E-state index contributed by atoms with van der Waals surface area (Å²) < 4.78 is 294. The second kappa shape index (κ2) is 30.4. The van der Waals surface area contributed by atoms with Crippen molar-refractivity contribution in [3.05, 3.63) is 240 Å². The number of aromatic nitrogens is 6. The van der Waals surface area contributed by atoms with Crippen molar-refractivity contribution in [3.63, 3.8) is 0 Å². The number of ether oxygens (including phenoxy) is 1. The van der Waals surface area contributed by atoms with E-state index in [0.29, 0.717) is 110 Å². The smallest absolute Gasteiger partial charge is 0.497 e. The number of fused-ring (bicyclic) bond motifs is 3. The van der Waals surface area contributed by atoms with Gasteiger partial charge in [0.25, 0.3) is 9.84 Å². The number of aryl methyl sites for hydroxylation is 6. The van der Waals surface area contributed by atoms with Crippen LogP contribution in [0.3, 0.4) is 0 Å². The van der Waals surface area contributed by atoms with Crippen LogP contribution in [0.15, 0.2) is 205 Å². The molecule has 37 heteroatoms. The van der Waals surface area contributed by atoms with Crippen LogP contribution in [0.5, 0.6) is 5.75 Å². The molecule has 0 aliphatic carbocycles. The number of hydrogen-bond donors (Lipinski definition) is 6. The molecular formula is C69H54F15N9O9S4. The lowest BCUT2D eigenvalue weighted by atomic mass is 10.0. The summed E-state index contributed by atoms with van der Waals surface area (Å²) in [5.74, 6) is 2.62. The number of imidazole rings is 3. The van der Waals surface area contributed by atoms with Gasteiger partial charge in [-0.25, -0.2) is 23.4 Å². The summed E-state index contributed by atoms with van der Waals surface area (Å²) in [4.78, 5) is 21.9. The molecule has 3 heterocycles. The van der Waals surface area contributed by atoms with Gasteiger partial charge in [0, 0.05) is 36.0 Å². The minimum atomic E-state index is -5.63. The zero-order valence-electron chi connectivity index (χ0n) is 54.1. The lowest BCUT2D eigenvalue weighted by Gasteiger charge is -2.14. The number of sulfonamides is 3. The highest BCUT2D eigenvalue weighted by Gasteiger charge is 2.49. The number of sulfone groups is 1. The topological polar surface area (TPSA) is 268 Å². The van der Waals surface area contributed by atoms with Gasteiger partial charge in [0.1, 0.15) is 23.2 Å². The van der Waals surface area contributed by atoms with E-state index in [1.54, 1.807) is 94.1 Å². The van der Waals surface area contributed by atoms with E-state index in [0.717, 1.165) is 47.8 Å². The molecule has 6 N–H and O–H groups in total. The molecule has 0 amide bonds. The third-order valence-corrected chi connectivity index (χ3v) is 20.7. The molecule has 0 aliphatic rings. The van der Waals surface area contributed by atoms with E-state index in [1.807, 2.05) is 24.3 Å². The first-order valence-electron chi connectivity index (χ1n) is 30.8. The molecule has 0 atom stereocenters. The highest BCUT2D eigenvalue weighted by Crippen LogP contribution is 2.39. The fraction of sp³-hybridized carbons (Fsp3) is 0.174.